The molecule has 0 spiro atoms. The van der Waals surface area contributed by atoms with E-state index in [9.17, 15) is 0 Å². The van der Waals surface area contributed by atoms with Crippen molar-refractivity contribution in [3.63, 3.8) is 0 Å². The number of unbranched alkanes of at least 4 members (excludes halogenated alkanes) is 4. The zero-order valence-electron chi connectivity index (χ0n) is 20.3. The van der Waals surface area contributed by atoms with Crippen molar-refractivity contribution >= 4 is 0 Å². The van der Waals surface area contributed by atoms with Crippen molar-refractivity contribution in [1.29, 1.82) is 0 Å². The Labute approximate surface area is 190 Å². The summed E-state index contributed by atoms with van der Waals surface area (Å²) in [6.45, 7) is 25.5. The van der Waals surface area contributed by atoms with Gasteiger partial charge in [0.25, 0.3) is 0 Å². The molecule has 4 heteroatoms. The first-order valence-corrected chi connectivity index (χ1v) is 11.6. The number of nitrogens with zero attached hydrogens (tertiary/aromatic N) is 2. The van der Waals surface area contributed by atoms with Crippen LogP contribution in [0.1, 0.15) is 99.8 Å². The van der Waals surface area contributed by atoms with Gasteiger partial charge in [0.15, 0.2) is 0 Å². The Morgan fingerprint density at radius 1 is 0.481 bits per heavy atom. The molecule has 0 aromatic carbocycles. The molecule has 0 saturated carbocycles. The van der Waals surface area contributed by atoms with Gasteiger partial charge in [0.05, 0.1) is 52.9 Å². The van der Waals surface area contributed by atoms with Gasteiger partial charge in [0.1, 0.15) is 0 Å². The third kappa shape index (κ3) is 18.5. The smallest absolute Gasteiger partial charge is 0.0786 e. The predicted molar refractivity (Wildman–Crippen MR) is 117 cm³/mol. The normalized spacial score (nSPS) is 11.1. The molecule has 0 N–H and O–H groups in total. The summed E-state index contributed by atoms with van der Waals surface area (Å²) in [4.78, 5) is 0. The molecule has 0 bridgehead atoms. The van der Waals surface area contributed by atoms with E-state index in [4.69, 9.17) is 0 Å². The lowest BCUT2D eigenvalue weighted by Gasteiger charge is -2.39. The highest BCUT2D eigenvalue weighted by molar-refractivity contribution is 4.49. The molecule has 0 radical (unpaired) electrons. The Morgan fingerprint density at radius 3 is 0.815 bits per heavy atom. The summed E-state index contributed by atoms with van der Waals surface area (Å²) >= 11 is 0. The number of hydrogen-bond acceptors (Lipinski definition) is 0. The molecule has 0 aliphatic heterocycles. The van der Waals surface area contributed by atoms with Crippen molar-refractivity contribution in [2.75, 3.05) is 52.9 Å². The summed E-state index contributed by atoms with van der Waals surface area (Å²) in [5.74, 6) is 0. The second-order valence-corrected chi connectivity index (χ2v) is 8.22. The van der Waals surface area contributed by atoms with Gasteiger partial charge in [-0.3, -0.25) is 0 Å². The van der Waals surface area contributed by atoms with Gasteiger partial charge in [-0.2, -0.15) is 0 Å². The molecule has 170 valence electrons. The fourth-order valence-corrected chi connectivity index (χ4v) is 3.32. The maximum Gasteiger partial charge on any atom is 0.0786 e. The zero-order valence-corrected chi connectivity index (χ0v) is 22.6. The summed E-state index contributed by atoms with van der Waals surface area (Å²) in [5, 5.41) is 0. The monoisotopic (exact) mass is 472 g/mol. The van der Waals surface area contributed by atoms with E-state index in [1.807, 2.05) is 0 Å². The average Bonchev–Trinajstić information content (AvgIpc) is 2.66. The predicted octanol–water partition coefficient (Wildman–Crippen LogP) is 0.504. The second kappa shape index (κ2) is 23.0. The molecule has 0 saturated heterocycles. The van der Waals surface area contributed by atoms with E-state index in [0.29, 0.717) is 0 Å². The van der Waals surface area contributed by atoms with Crippen LogP contribution in [0.2, 0.25) is 0 Å². The average molecular weight is 474 g/mol. The number of quaternary nitrogens is 2. The van der Waals surface area contributed by atoms with E-state index < -0.39 is 0 Å². The SMILES string of the molecule is CCCC[N+](CCCC)(CCCC)CCCC.CC[N+](C)(CC)CC.[Br-].[Cl-]. The van der Waals surface area contributed by atoms with Crippen LogP contribution in [0.4, 0.5) is 0 Å². The fraction of sp³-hybridized carbons (Fsp3) is 1.00. The molecule has 0 fully saturated rings. The third-order valence-corrected chi connectivity index (χ3v) is 6.23. The third-order valence-electron chi connectivity index (χ3n) is 6.23. The van der Waals surface area contributed by atoms with E-state index >= 15 is 0 Å². The van der Waals surface area contributed by atoms with Gasteiger partial charge < -0.3 is 38.4 Å². The van der Waals surface area contributed by atoms with Crippen LogP contribution in [-0.2, 0) is 0 Å². The van der Waals surface area contributed by atoms with Gasteiger partial charge in [-0.1, -0.05) is 53.4 Å². The highest BCUT2D eigenvalue weighted by atomic mass is 79.9. The fourth-order valence-electron chi connectivity index (χ4n) is 3.32. The van der Waals surface area contributed by atoms with Gasteiger partial charge in [0, 0.05) is 0 Å². The molecule has 0 unspecified atom stereocenters. The van der Waals surface area contributed by atoms with Crippen LogP contribution in [0.5, 0.6) is 0 Å². The minimum atomic E-state index is 0. The summed E-state index contributed by atoms with van der Waals surface area (Å²) in [5.41, 5.74) is 0. The van der Waals surface area contributed by atoms with Gasteiger partial charge in [0.2, 0.25) is 0 Å². The lowest BCUT2D eigenvalue weighted by atomic mass is 10.1. The first-order valence-electron chi connectivity index (χ1n) is 11.6. The quantitative estimate of drug-likeness (QED) is 0.304. The molecular formula is C23H54BrClN2. The lowest BCUT2D eigenvalue weighted by molar-refractivity contribution is -0.929. The molecule has 0 aromatic heterocycles. The summed E-state index contributed by atoms with van der Waals surface area (Å²) < 4.78 is 2.63. The van der Waals surface area contributed by atoms with Crippen molar-refractivity contribution in [3.05, 3.63) is 0 Å². The van der Waals surface area contributed by atoms with Crippen LogP contribution >= 0.6 is 0 Å². The van der Waals surface area contributed by atoms with Gasteiger partial charge in [-0.25, -0.2) is 0 Å². The van der Waals surface area contributed by atoms with Gasteiger partial charge in [-0.05, 0) is 46.5 Å². The number of rotatable bonds is 15. The Bertz CT molecular complexity index is 225. The molecule has 0 aliphatic carbocycles. The summed E-state index contributed by atoms with van der Waals surface area (Å²) in [6, 6.07) is 0. The highest BCUT2D eigenvalue weighted by Crippen LogP contribution is 2.16. The molecule has 0 aromatic rings. The van der Waals surface area contributed by atoms with Crippen molar-refractivity contribution in [3.8, 4) is 0 Å². The Morgan fingerprint density at radius 2 is 0.704 bits per heavy atom. The van der Waals surface area contributed by atoms with Gasteiger partial charge in [-0.15, -0.1) is 0 Å². The van der Waals surface area contributed by atoms with Crippen LogP contribution in [0.3, 0.4) is 0 Å². The second-order valence-electron chi connectivity index (χ2n) is 8.22. The van der Waals surface area contributed by atoms with E-state index in [-0.39, 0.29) is 29.4 Å². The van der Waals surface area contributed by atoms with Crippen molar-refractivity contribution < 1.29 is 38.4 Å². The first kappa shape index (κ1) is 35.1. The standard InChI is InChI=1S/C16H36N.C7H18N.BrH.ClH/c1-5-9-13-17(14-10-6-2,15-11-7-3)16-12-8-4;1-5-8(4,6-2)7-3;;/h5-16H2,1-4H3;5-7H2,1-4H3;2*1H/q2*+1;;/p-2. The molecule has 0 heterocycles. The van der Waals surface area contributed by atoms with Crippen LogP contribution in [0.25, 0.3) is 0 Å². The Balaban J connectivity index is -0.000000226. The molecular weight excluding hydrogens is 420 g/mol. The van der Waals surface area contributed by atoms with Crippen LogP contribution in [-0.4, -0.2) is 61.8 Å². The van der Waals surface area contributed by atoms with Crippen molar-refractivity contribution in [2.45, 2.75) is 99.8 Å². The van der Waals surface area contributed by atoms with Crippen molar-refractivity contribution in [1.82, 2.24) is 0 Å². The maximum absolute atomic E-state index is 2.33. The largest absolute Gasteiger partial charge is 1.00 e. The van der Waals surface area contributed by atoms with Crippen LogP contribution < -0.4 is 29.4 Å². The van der Waals surface area contributed by atoms with Crippen molar-refractivity contribution in [2.24, 2.45) is 0 Å². The maximum atomic E-state index is 2.33. The molecule has 0 amide bonds. The molecule has 0 aliphatic rings. The van der Waals surface area contributed by atoms with Gasteiger partial charge >= 0.3 is 0 Å². The molecule has 0 atom stereocenters. The molecule has 0 rings (SSSR count). The minimum absolute atomic E-state index is 0. The first-order chi connectivity index (χ1) is 11.9. The molecule has 2 nitrogen and oxygen atoms in total. The summed E-state index contributed by atoms with van der Waals surface area (Å²) in [6.07, 6.45) is 11.1. The van der Waals surface area contributed by atoms with E-state index in [0.717, 1.165) is 0 Å². The molecule has 27 heavy (non-hydrogen) atoms. The van der Waals surface area contributed by atoms with E-state index in [1.54, 1.807) is 0 Å². The van der Waals surface area contributed by atoms with Crippen LogP contribution in [0, 0.1) is 0 Å². The van der Waals surface area contributed by atoms with Crippen LogP contribution in [0.15, 0.2) is 0 Å². The number of halogens is 2. The minimum Gasteiger partial charge on any atom is -1.00 e. The Hall–Kier alpha value is 0.690. The number of hydrogen-bond donors (Lipinski definition) is 0. The summed E-state index contributed by atoms with van der Waals surface area (Å²) in [7, 11) is 2.29. The van der Waals surface area contributed by atoms with E-state index in [1.165, 1.54) is 106 Å². The zero-order chi connectivity index (χ0) is 19.6. The lowest BCUT2D eigenvalue weighted by Crippen LogP contribution is -3.00. The highest BCUT2D eigenvalue weighted by Gasteiger charge is 2.24. The topological polar surface area (TPSA) is 0 Å². The Kier molecular flexibility index (Phi) is 29.9. The van der Waals surface area contributed by atoms with E-state index in [2.05, 4.69) is 55.5 Å².